The first-order valence-electron chi connectivity index (χ1n) is 5.78. The summed E-state index contributed by atoms with van der Waals surface area (Å²) in [7, 11) is 0. The van der Waals surface area contributed by atoms with Crippen LogP contribution in [0.25, 0.3) is 21.3 Å². The van der Waals surface area contributed by atoms with E-state index in [9.17, 15) is 0 Å². The maximum absolute atomic E-state index is 6.09. The molecular weight excluding hydrogens is 262 g/mol. The quantitative estimate of drug-likeness (QED) is 0.591. The number of aryl methyl sites for hydroxylation is 2. The molecule has 0 aliphatic rings. The molecule has 3 heteroatoms. The van der Waals surface area contributed by atoms with Crippen molar-refractivity contribution >= 4 is 33.2 Å². The van der Waals surface area contributed by atoms with Crippen molar-refractivity contribution in [2.45, 2.75) is 13.8 Å². The van der Waals surface area contributed by atoms with Gasteiger partial charge in [-0.2, -0.15) is 0 Å². The van der Waals surface area contributed by atoms with Crippen molar-refractivity contribution in [2.75, 3.05) is 0 Å². The minimum absolute atomic E-state index is 0.760. The van der Waals surface area contributed by atoms with Gasteiger partial charge in [0.1, 0.15) is 0 Å². The lowest BCUT2D eigenvalue weighted by atomic mass is 9.99. The fraction of sp³-hybridized carbons (Fsp3) is 0.133. The molecule has 0 spiro atoms. The van der Waals surface area contributed by atoms with E-state index in [1.54, 1.807) is 11.3 Å². The zero-order chi connectivity index (χ0) is 12.7. The van der Waals surface area contributed by atoms with E-state index in [2.05, 4.69) is 30.1 Å². The molecule has 2 aromatic carbocycles. The molecule has 0 unspecified atom stereocenters. The molecule has 3 aromatic rings. The molecule has 0 saturated carbocycles. The second kappa shape index (κ2) is 4.38. The van der Waals surface area contributed by atoms with Gasteiger partial charge in [0.15, 0.2) is 0 Å². The van der Waals surface area contributed by atoms with Gasteiger partial charge < -0.3 is 0 Å². The zero-order valence-corrected chi connectivity index (χ0v) is 11.8. The van der Waals surface area contributed by atoms with E-state index < -0.39 is 0 Å². The van der Waals surface area contributed by atoms with Crippen molar-refractivity contribution in [3.05, 3.63) is 52.0 Å². The number of nitrogens with zero attached hydrogens (tertiary/aromatic N) is 1. The SMILES string of the molecule is Cc1nc2c(-c3cccc(Cl)c3)c(C)ccc2s1. The van der Waals surface area contributed by atoms with Crippen LogP contribution >= 0.6 is 22.9 Å². The first kappa shape index (κ1) is 11.7. The molecule has 0 fully saturated rings. The second-order valence-electron chi connectivity index (χ2n) is 4.35. The van der Waals surface area contributed by atoms with E-state index in [0.29, 0.717) is 0 Å². The summed E-state index contributed by atoms with van der Waals surface area (Å²) in [6.45, 7) is 4.16. The molecule has 1 aromatic heterocycles. The van der Waals surface area contributed by atoms with Crippen molar-refractivity contribution in [1.29, 1.82) is 0 Å². The van der Waals surface area contributed by atoms with E-state index in [0.717, 1.165) is 21.1 Å². The van der Waals surface area contributed by atoms with Gasteiger partial charge in [-0.3, -0.25) is 0 Å². The molecule has 18 heavy (non-hydrogen) atoms. The minimum Gasteiger partial charge on any atom is -0.241 e. The molecule has 1 heterocycles. The van der Waals surface area contributed by atoms with Gasteiger partial charge in [0.05, 0.1) is 15.2 Å². The van der Waals surface area contributed by atoms with E-state index in [4.69, 9.17) is 11.6 Å². The number of fused-ring (bicyclic) bond motifs is 1. The van der Waals surface area contributed by atoms with Crippen molar-refractivity contribution in [3.63, 3.8) is 0 Å². The van der Waals surface area contributed by atoms with Crippen molar-refractivity contribution < 1.29 is 0 Å². The molecule has 0 aliphatic heterocycles. The minimum atomic E-state index is 0.760. The van der Waals surface area contributed by atoms with E-state index >= 15 is 0 Å². The third-order valence-corrected chi connectivity index (χ3v) is 4.16. The molecule has 0 bridgehead atoms. The van der Waals surface area contributed by atoms with Gasteiger partial charge in [0.2, 0.25) is 0 Å². The number of aromatic nitrogens is 1. The number of hydrogen-bond donors (Lipinski definition) is 0. The van der Waals surface area contributed by atoms with Crippen LogP contribution in [0, 0.1) is 13.8 Å². The number of rotatable bonds is 1. The highest BCUT2D eigenvalue weighted by molar-refractivity contribution is 7.18. The van der Waals surface area contributed by atoms with Gasteiger partial charge in [-0.1, -0.05) is 29.8 Å². The van der Waals surface area contributed by atoms with Crippen LogP contribution in [-0.4, -0.2) is 4.98 Å². The fourth-order valence-electron chi connectivity index (χ4n) is 2.21. The van der Waals surface area contributed by atoms with Gasteiger partial charge in [0.25, 0.3) is 0 Å². The summed E-state index contributed by atoms with van der Waals surface area (Å²) in [4.78, 5) is 4.66. The Kier molecular flexibility index (Phi) is 2.84. The predicted molar refractivity (Wildman–Crippen MR) is 79.5 cm³/mol. The van der Waals surface area contributed by atoms with Crippen LogP contribution < -0.4 is 0 Å². The molecule has 0 radical (unpaired) electrons. The molecule has 0 aliphatic carbocycles. The lowest BCUT2D eigenvalue weighted by molar-refractivity contribution is 1.34. The molecule has 0 amide bonds. The first-order valence-corrected chi connectivity index (χ1v) is 6.97. The highest BCUT2D eigenvalue weighted by Gasteiger charge is 2.11. The van der Waals surface area contributed by atoms with Gasteiger partial charge >= 0.3 is 0 Å². The molecule has 90 valence electrons. The van der Waals surface area contributed by atoms with Crippen LogP contribution in [-0.2, 0) is 0 Å². The predicted octanol–water partition coefficient (Wildman–Crippen LogP) is 5.23. The normalized spacial score (nSPS) is 11.1. The van der Waals surface area contributed by atoms with Gasteiger partial charge in [-0.05, 0) is 43.2 Å². The van der Waals surface area contributed by atoms with Crippen LogP contribution in [0.15, 0.2) is 36.4 Å². The van der Waals surface area contributed by atoms with Crippen molar-refractivity contribution in [1.82, 2.24) is 4.98 Å². The average molecular weight is 274 g/mol. The summed E-state index contributed by atoms with van der Waals surface area (Å²) < 4.78 is 1.23. The lowest BCUT2D eigenvalue weighted by Gasteiger charge is -2.07. The Labute approximate surface area is 115 Å². The van der Waals surface area contributed by atoms with E-state index in [1.807, 2.05) is 25.1 Å². The molecular formula is C15H12ClNS. The monoisotopic (exact) mass is 273 g/mol. The van der Waals surface area contributed by atoms with Crippen LogP contribution in [0.5, 0.6) is 0 Å². The third-order valence-electron chi connectivity index (χ3n) is 2.99. The Morgan fingerprint density at radius 3 is 2.72 bits per heavy atom. The third kappa shape index (κ3) is 1.92. The summed E-state index contributed by atoms with van der Waals surface area (Å²) in [6.07, 6.45) is 0. The standard InChI is InChI=1S/C15H12ClNS/c1-9-6-7-13-15(17-10(2)18-13)14(9)11-4-3-5-12(16)8-11/h3-8H,1-2H3. The molecule has 1 nitrogen and oxygen atoms in total. The highest BCUT2D eigenvalue weighted by atomic mass is 35.5. The van der Waals surface area contributed by atoms with Crippen LogP contribution in [0.1, 0.15) is 10.6 Å². The summed E-state index contributed by atoms with van der Waals surface area (Å²) in [5, 5.41) is 1.86. The Bertz CT molecular complexity index is 730. The van der Waals surface area contributed by atoms with E-state index in [-0.39, 0.29) is 0 Å². The molecule has 0 saturated heterocycles. The zero-order valence-electron chi connectivity index (χ0n) is 10.2. The lowest BCUT2D eigenvalue weighted by Crippen LogP contribution is -1.85. The summed E-state index contributed by atoms with van der Waals surface area (Å²) >= 11 is 7.82. The van der Waals surface area contributed by atoms with Crippen LogP contribution in [0.2, 0.25) is 5.02 Å². The fourth-order valence-corrected chi connectivity index (χ4v) is 3.24. The summed E-state index contributed by atoms with van der Waals surface area (Å²) in [5.74, 6) is 0. The Morgan fingerprint density at radius 2 is 1.94 bits per heavy atom. The Hall–Kier alpha value is -1.38. The highest BCUT2D eigenvalue weighted by Crippen LogP contribution is 2.34. The largest absolute Gasteiger partial charge is 0.241 e. The summed E-state index contributed by atoms with van der Waals surface area (Å²) in [5.41, 5.74) is 4.64. The first-order chi connectivity index (χ1) is 8.65. The van der Waals surface area contributed by atoms with Gasteiger partial charge in [-0.25, -0.2) is 4.98 Å². The van der Waals surface area contributed by atoms with E-state index in [1.165, 1.54) is 15.8 Å². The number of hydrogen-bond acceptors (Lipinski definition) is 2. The number of benzene rings is 2. The van der Waals surface area contributed by atoms with Crippen molar-refractivity contribution in [3.8, 4) is 11.1 Å². The van der Waals surface area contributed by atoms with Gasteiger partial charge in [0, 0.05) is 10.6 Å². The smallest absolute Gasteiger partial charge is 0.0908 e. The maximum Gasteiger partial charge on any atom is 0.0908 e. The topological polar surface area (TPSA) is 12.9 Å². The second-order valence-corrected chi connectivity index (χ2v) is 6.02. The van der Waals surface area contributed by atoms with Crippen LogP contribution in [0.3, 0.4) is 0 Å². The van der Waals surface area contributed by atoms with Crippen molar-refractivity contribution in [2.24, 2.45) is 0 Å². The van der Waals surface area contributed by atoms with Crippen LogP contribution in [0.4, 0.5) is 0 Å². The Balaban J connectivity index is 2.36. The summed E-state index contributed by atoms with van der Waals surface area (Å²) in [6, 6.07) is 12.3. The average Bonchev–Trinajstić information content (AvgIpc) is 2.69. The van der Waals surface area contributed by atoms with Gasteiger partial charge in [-0.15, -0.1) is 11.3 Å². The molecule has 3 rings (SSSR count). The molecule has 0 atom stereocenters. The number of halogens is 1. The molecule has 0 N–H and O–H groups in total. The Morgan fingerprint density at radius 1 is 1.11 bits per heavy atom. The maximum atomic E-state index is 6.09. The number of thiazole rings is 1.